The van der Waals surface area contributed by atoms with E-state index in [1.807, 2.05) is 0 Å². The van der Waals surface area contributed by atoms with Gasteiger partial charge in [0.1, 0.15) is 5.82 Å². The Labute approximate surface area is 170 Å². The van der Waals surface area contributed by atoms with E-state index in [-0.39, 0.29) is 23.8 Å². The zero-order valence-electron chi connectivity index (χ0n) is 17.0. The molecule has 2 aromatic rings. The van der Waals surface area contributed by atoms with E-state index in [1.165, 1.54) is 6.07 Å². The number of halogens is 1. The molecular weight excluding hydrogens is 373 g/mol. The van der Waals surface area contributed by atoms with Crippen molar-refractivity contribution in [3.63, 3.8) is 0 Å². The van der Waals surface area contributed by atoms with Gasteiger partial charge in [0.05, 0.1) is 12.1 Å². The first-order chi connectivity index (χ1) is 13.9. The number of amides is 1. The van der Waals surface area contributed by atoms with E-state index in [9.17, 15) is 9.18 Å². The van der Waals surface area contributed by atoms with Crippen molar-refractivity contribution in [1.29, 1.82) is 0 Å². The summed E-state index contributed by atoms with van der Waals surface area (Å²) >= 11 is 0. The molecule has 2 aliphatic heterocycles. The number of primary amides is 1. The first-order valence-corrected chi connectivity index (χ1v) is 10.3. The Kier molecular flexibility index (Phi) is 5.65. The van der Waals surface area contributed by atoms with Gasteiger partial charge in [-0.25, -0.2) is 4.39 Å². The first kappa shape index (κ1) is 20.0. The lowest BCUT2D eigenvalue weighted by atomic mass is 10.0. The van der Waals surface area contributed by atoms with Crippen LogP contribution in [0, 0.1) is 12.7 Å². The van der Waals surface area contributed by atoms with Crippen molar-refractivity contribution in [2.75, 3.05) is 19.6 Å². The number of aromatic nitrogens is 2. The third-order valence-electron chi connectivity index (χ3n) is 6.37. The largest absolute Gasteiger partial charge is 0.368 e. The normalized spacial score (nSPS) is 22.8. The summed E-state index contributed by atoms with van der Waals surface area (Å²) in [7, 11) is 0. The Morgan fingerprint density at radius 3 is 2.72 bits per heavy atom. The van der Waals surface area contributed by atoms with Crippen LogP contribution in [0.25, 0.3) is 11.4 Å². The van der Waals surface area contributed by atoms with Gasteiger partial charge in [-0.2, -0.15) is 4.98 Å². The van der Waals surface area contributed by atoms with Crippen LogP contribution in [0.15, 0.2) is 22.7 Å². The molecule has 156 valence electrons. The highest BCUT2D eigenvalue weighted by atomic mass is 19.1. The molecule has 0 saturated carbocycles. The number of carbonyl (C=O) groups excluding carboxylic acids is 1. The zero-order chi connectivity index (χ0) is 20.5. The van der Waals surface area contributed by atoms with Gasteiger partial charge in [-0.05, 0) is 57.7 Å². The van der Waals surface area contributed by atoms with E-state index in [1.54, 1.807) is 19.1 Å². The van der Waals surface area contributed by atoms with E-state index in [0.717, 1.165) is 45.3 Å². The van der Waals surface area contributed by atoms with E-state index in [0.29, 0.717) is 28.9 Å². The van der Waals surface area contributed by atoms with Crippen molar-refractivity contribution in [2.24, 2.45) is 5.73 Å². The number of likely N-dealkylation sites (tertiary alicyclic amines) is 2. The van der Waals surface area contributed by atoms with Crippen molar-refractivity contribution in [2.45, 2.75) is 57.7 Å². The summed E-state index contributed by atoms with van der Waals surface area (Å²) in [6.07, 6.45) is 3.88. The third kappa shape index (κ3) is 4.04. The monoisotopic (exact) mass is 401 g/mol. The predicted molar refractivity (Wildman–Crippen MR) is 106 cm³/mol. The van der Waals surface area contributed by atoms with Gasteiger partial charge in [0.15, 0.2) is 0 Å². The molecule has 3 heterocycles. The molecule has 1 amide bonds. The summed E-state index contributed by atoms with van der Waals surface area (Å²) in [5.74, 6) is 0.460. The standard InChI is InChI=1S/C21H28FN5O2/c1-13-5-6-15(12-17(13)22)20-24-21(29-25-20)14(2)26-10-7-16(8-11-26)27-9-3-4-18(27)19(23)28/h5-6,12,14,16,18H,3-4,7-11H2,1-2H3,(H2,23,28). The molecule has 0 bridgehead atoms. The number of carbonyl (C=O) groups is 1. The summed E-state index contributed by atoms with van der Waals surface area (Å²) < 4.78 is 19.3. The van der Waals surface area contributed by atoms with Crippen LogP contribution in [0.2, 0.25) is 0 Å². The summed E-state index contributed by atoms with van der Waals surface area (Å²) in [5.41, 5.74) is 6.77. The fraction of sp³-hybridized carbons (Fsp3) is 0.571. The van der Waals surface area contributed by atoms with Crippen LogP contribution in [-0.2, 0) is 4.79 Å². The Balaban J connectivity index is 1.39. The summed E-state index contributed by atoms with van der Waals surface area (Å²) in [6, 6.07) is 5.22. The van der Waals surface area contributed by atoms with Gasteiger partial charge in [-0.3, -0.25) is 14.6 Å². The second-order valence-corrected chi connectivity index (χ2v) is 8.16. The van der Waals surface area contributed by atoms with Gasteiger partial charge in [0.2, 0.25) is 17.6 Å². The molecule has 2 unspecified atom stereocenters. The number of rotatable bonds is 5. The van der Waals surface area contributed by atoms with Crippen molar-refractivity contribution in [3.05, 3.63) is 35.5 Å². The average Bonchev–Trinajstić information content (AvgIpc) is 3.39. The topological polar surface area (TPSA) is 88.5 Å². The minimum absolute atomic E-state index is 0.0157. The van der Waals surface area contributed by atoms with E-state index >= 15 is 0 Å². The molecule has 29 heavy (non-hydrogen) atoms. The summed E-state index contributed by atoms with van der Waals surface area (Å²) in [4.78, 5) is 20.8. The Bertz CT molecular complexity index is 878. The smallest absolute Gasteiger partial charge is 0.244 e. The molecule has 4 rings (SSSR count). The lowest BCUT2D eigenvalue weighted by molar-refractivity contribution is -0.123. The number of hydrogen-bond acceptors (Lipinski definition) is 6. The molecule has 8 heteroatoms. The third-order valence-corrected chi connectivity index (χ3v) is 6.37. The van der Waals surface area contributed by atoms with Crippen LogP contribution >= 0.6 is 0 Å². The summed E-state index contributed by atoms with van der Waals surface area (Å²) in [5, 5.41) is 4.04. The highest BCUT2D eigenvalue weighted by Gasteiger charge is 2.36. The molecular formula is C21H28FN5O2. The second kappa shape index (κ2) is 8.20. The van der Waals surface area contributed by atoms with Gasteiger partial charge in [-0.15, -0.1) is 0 Å². The minimum atomic E-state index is -0.278. The maximum absolute atomic E-state index is 13.8. The number of hydrogen-bond donors (Lipinski definition) is 1. The Morgan fingerprint density at radius 1 is 1.28 bits per heavy atom. The number of nitrogens with two attached hydrogens (primary N) is 1. The fourth-order valence-electron chi connectivity index (χ4n) is 4.55. The molecule has 2 aliphatic rings. The quantitative estimate of drug-likeness (QED) is 0.829. The van der Waals surface area contributed by atoms with Gasteiger partial charge in [-0.1, -0.05) is 17.3 Å². The molecule has 0 radical (unpaired) electrons. The molecule has 2 atom stereocenters. The van der Waals surface area contributed by atoms with Crippen LogP contribution in [0.5, 0.6) is 0 Å². The van der Waals surface area contributed by atoms with E-state index in [2.05, 4.69) is 26.9 Å². The maximum Gasteiger partial charge on any atom is 0.244 e. The number of piperidine rings is 1. The van der Waals surface area contributed by atoms with Crippen molar-refractivity contribution < 1.29 is 13.7 Å². The lowest BCUT2D eigenvalue weighted by Crippen LogP contribution is -2.50. The SMILES string of the molecule is Cc1ccc(-c2noc(C(C)N3CCC(N4CCCC4C(N)=O)CC3)n2)cc1F. The van der Waals surface area contributed by atoms with Crippen molar-refractivity contribution >= 4 is 5.91 Å². The van der Waals surface area contributed by atoms with Crippen molar-refractivity contribution in [1.82, 2.24) is 19.9 Å². The Morgan fingerprint density at radius 2 is 2.03 bits per heavy atom. The predicted octanol–water partition coefficient (Wildman–Crippen LogP) is 2.66. The molecule has 2 saturated heterocycles. The van der Waals surface area contributed by atoms with Crippen LogP contribution in [0.4, 0.5) is 4.39 Å². The van der Waals surface area contributed by atoms with E-state index in [4.69, 9.17) is 10.3 Å². The number of nitrogens with zero attached hydrogens (tertiary/aromatic N) is 4. The van der Waals surface area contributed by atoms with Gasteiger partial charge in [0.25, 0.3) is 0 Å². The van der Waals surface area contributed by atoms with Crippen LogP contribution in [0.3, 0.4) is 0 Å². The van der Waals surface area contributed by atoms with Crippen LogP contribution in [0.1, 0.15) is 50.1 Å². The van der Waals surface area contributed by atoms with Gasteiger partial charge < -0.3 is 10.3 Å². The van der Waals surface area contributed by atoms with Crippen LogP contribution in [-0.4, -0.2) is 57.6 Å². The number of benzene rings is 1. The zero-order valence-corrected chi connectivity index (χ0v) is 17.0. The molecule has 0 aliphatic carbocycles. The summed E-state index contributed by atoms with van der Waals surface area (Å²) in [6.45, 7) is 6.51. The maximum atomic E-state index is 13.8. The molecule has 0 spiro atoms. The van der Waals surface area contributed by atoms with Gasteiger partial charge >= 0.3 is 0 Å². The second-order valence-electron chi connectivity index (χ2n) is 8.16. The van der Waals surface area contributed by atoms with E-state index < -0.39 is 0 Å². The van der Waals surface area contributed by atoms with Gasteiger partial charge in [0, 0.05) is 24.7 Å². The molecule has 1 aromatic carbocycles. The first-order valence-electron chi connectivity index (χ1n) is 10.3. The number of aryl methyl sites for hydroxylation is 1. The lowest BCUT2D eigenvalue weighted by Gasteiger charge is -2.40. The molecule has 7 nitrogen and oxygen atoms in total. The Hall–Kier alpha value is -2.32. The molecule has 2 fully saturated rings. The highest BCUT2D eigenvalue weighted by Crippen LogP contribution is 2.30. The van der Waals surface area contributed by atoms with Crippen molar-refractivity contribution in [3.8, 4) is 11.4 Å². The molecule has 1 aromatic heterocycles. The fourth-order valence-corrected chi connectivity index (χ4v) is 4.55. The minimum Gasteiger partial charge on any atom is -0.368 e. The average molecular weight is 401 g/mol. The molecule has 2 N–H and O–H groups in total. The highest BCUT2D eigenvalue weighted by molar-refractivity contribution is 5.80. The van der Waals surface area contributed by atoms with Crippen LogP contribution < -0.4 is 5.73 Å².